The van der Waals surface area contributed by atoms with Crippen LogP contribution in [0.15, 0.2) is 43.0 Å². The van der Waals surface area contributed by atoms with Crippen molar-refractivity contribution in [2.75, 3.05) is 11.9 Å². The van der Waals surface area contributed by atoms with Crippen molar-refractivity contribution in [2.45, 2.75) is 12.5 Å². The molecule has 4 heterocycles. The van der Waals surface area contributed by atoms with Crippen LogP contribution in [0.5, 0.6) is 0 Å². The van der Waals surface area contributed by atoms with E-state index in [0.717, 1.165) is 30.3 Å². The van der Waals surface area contributed by atoms with Gasteiger partial charge in [-0.3, -0.25) is 4.98 Å². The van der Waals surface area contributed by atoms with Gasteiger partial charge in [-0.05, 0) is 24.1 Å². The summed E-state index contributed by atoms with van der Waals surface area (Å²) in [5, 5.41) is 8.17. The number of hydrogen-bond donors (Lipinski definition) is 1. The van der Waals surface area contributed by atoms with Gasteiger partial charge in [-0.2, -0.15) is 5.10 Å². The van der Waals surface area contributed by atoms with E-state index in [9.17, 15) is 0 Å². The van der Waals surface area contributed by atoms with Crippen LogP contribution in [0.2, 0.25) is 0 Å². The summed E-state index contributed by atoms with van der Waals surface area (Å²) in [6, 6.07) is 6.43. The molecular formula is C15H16N6. The van der Waals surface area contributed by atoms with E-state index >= 15 is 0 Å². The molecule has 21 heavy (non-hydrogen) atoms. The highest BCUT2D eigenvalue weighted by Crippen LogP contribution is 2.31. The van der Waals surface area contributed by atoms with E-state index in [0.29, 0.717) is 0 Å². The fourth-order valence-corrected chi connectivity index (χ4v) is 2.84. The number of fused-ring (bicyclic) bond motifs is 1. The molecule has 0 aliphatic carbocycles. The lowest BCUT2D eigenvalue weighted by Crippen LogP contribution is -2.24. The van der Waals surface area contributed by atoms with Crippen LogP contribution in [-0.2, 0) is 7.05 Å². The zero-order valence-electron chi connectivity index (χ0n) is 11.8. The zero-order chi connectivity index (χ0) is 14.2. The third kappa shape index (κ3) is 1.99. The molecule has 4 rings (SSSR count). The molecular weight excluding hydrogens is 264 g/mol. The number of anilines is 1. The van der Waals surface area contributed by atoms with E-state index in [-0.39, 0.29) is 6.04 Å². The molecule has 0 fully saturated rings. The van der Waals surface area contributed by atoms with E-state index in [1.54, 1.807) is 6.20 Å². The third-order valence-corrected chi connectivity index (χ3v) is 3.90. The highest BCUT2D eigenvalue weighted by atomic mass is 15.4. The Balaban J connectivity index is 1.79. The van der Waals surface area contributed by atoms with Crippen molar-refractivity contribution in [1.82, 2.24) is 24.3 Å². The maximum Gasteiger partial charge on any atom is 0.160 e. The molecule has 1 atom stereocenters. The first-order chi connectivity index (χ1) is 10.3. The molecule has 1 aliphatic rings. The van der Waals surface area contributed by atoms with Gasteiger partial charge in [0.1, 0.15) is 11.5 Å². The third-order valence-electron chi connectivity index (χ3n) is 3.90. The molecule has 0 saturated heterocycles. The van der Waals surface area contributed by atoms with Crippen molar-refractivity contribution in [3.8, 4) is 11.5 Å². The number of imidazole rings is 1. The summed E-state index contributed by atoms with van der Waals surface area (Å²) < 4.78 is 4.04. The van der Waals surface area contributed by atoms with E-state index in [2.05, 4.69) is 38.2 Å². The molecule has 0 radical (unpaired) electrons. The number of rotatable bonds is 2. The van der Waals surface area contributed by atoms with Gasteiger partial charge in [0.2, 0.25) is 0 Å². The Hall–Kier alpha value is -2.63. The number of aryl methyl sites for hydroxylation is 1. The molecule has 0 amide bonds. The van der Waals surface area contributed by atoms with Crippen LogP contribution in [-0.4, -0.2) is 30.9 Å². The van der Waals surface area contributed by atoms with Crippen molar-refractivity contribution >= 4 is 5.82 Å². The Morgan fingerprint density at radius 1 is 1.24 bits per heavy atom. The van der Waals surface area contributed by atoms with E-state index < -0.39 is 0 Å². The van der Waals surface area contributed by atoms with E-state index in [1.165, 1.54) is 5.56 Å². The van der Waals surface area contributed by atoms with Crippen molar-refractivity contribution in [2.24, 2.45) is 7.05 Å². The molecule has 3 aromatic heterocycles. The van der Waals surface area contributed by atoms with Crippen molar-refractivity contribution in [3.63, 3.8) is 0 Å². The van der Waals surface area contributed by atoms with Crippen LogP contribution in [0.4, 0.5) is 5.82 Å². The number of pyridine rings is 1. The van der Waals surface area contributed by atoms with Crippen molar-refractivity contribution in [1.29, 1.82) is 0 Å². The van der Waals surface area contributed by atoms with Crippen molar-refractivity contribution in [3.05, 3.63) is 48.5 Å². The van der Waals surface area contributed by atoms with Gasteiger partial charge in [0.25, 0.3) is 0 Å². The maximum atomic E-state index is 4.76. The molecule has 0 saturated carbocycles. The summed E-state index contributed by atoms with van der Waals surface area (Å²) in [5.74, 6) is 1.92. The standard InChI is InChI=1S/C15H16N6/c1-20-9-8-18-15(20)12-10-14-17-7-4-13(21(14)19-12)11-2-5-16-6-3-11/h2-3,5-6,8-10,13,17H,4,7H2,1H3. The second kappa shape index (κ2) is 4.73. The molecule has 1 unspecified atom stereocenters. The first kappa shape index (κ1) is 12.1. The normalized spacial score (nSPS) is 17.3. The molecule has 6 heteroatoms. The number of nitrogens with zero attached hydrogens (tertiary/aromatic N) is 5. The Kier molecular flexibility index (Phi) is 2.73. The highest BCUT2D eigenvalue weighted by Gasteiger charge is 2.24. The molecule has 0 aromatic carbocycles. The summed E-state index contributed by atoms with van der Waals surface area (Å²) in [5.41, 5.74) is 2.13. The monoisotopic (exact) mass is 280 g/mol. The van der Waals surface area contributed by atoms with Gasteiger partial charge in [0.05, 0.1) is 6.04 Å². The fourth-order valence-electron chi connectivity index (χ4n) is 2.84. The molecule has 1 aliphatic heterocycles. The average molecular weight is 280 g/mol. The second-order valence-electron chi connectivity index (χ2n) is 5.23. The first-order valence-corrected chi connectivity index (χ1v) is 7.04. The summed E-state index contributed by atoms with van der Waals surface area (Å²) in [6.45, 7) is 0.943. The molecule has 0 bridgehead atoms. The maximum absolute atomic E-state index is 4.76. The smallest absolute Gasteiger partial charge is 0.160 e. The summed E-state index contributed by atoms with van der Waals surface area (Å²) in [4.78, 5) is 8.47. The van der Waals surface area contributed by atoms with Gasteiger partial charge < -0.3 is 9.88 Å². The van der Waals surface area contributed by atoms with Gasteiger partial charge in [0.15, 0.2) is 5.82 Å². The van der Waals surface area contributed by atoms with Crippen molar-refractivity contribution < 1.29 is 0 Å². The minimum absolute atomic E-state index is 0.248. The second-order valence-corrected chi connectivity index (χ2v) is 5.23. The van der Waals surface area contributed by atoms with Gasteiger partial charge in [0, 0.05) is 44.4 Å². The molecule has 3 aromatic rings. The van der Waals surface area contributed by atoms with Crippen LogP contribution in [0, 0.1) is 0 Å². The Morgan fingerprint density at radius 3 is 2.86 bits per heavy atom. The van der Waals surface area contributed by atoms with E-state index in [1.807, 2.05) is 30.2 Å². The Morgan fingerprint density at radius 2 is 2.10 bits per heavy atom. The minimum Gasteiger partial charge on any atom is -0.370 e. The highest BCUT2D eigenvalue weighted by molar-refractivity contribution is 5.57. The SMILES string of the molecule is Cn1ccnc1-c1cc2n(n1)C(c1ccncc1)CCN2. The van der Waals surface area contributed by atoms with E-state index in [4.69, 9.17) is 5.10 Å². The van der Waals surface area contributed by atoms with Gasteiger partial charge in [-0.1, -0.05) is 0 Å². The molecule has 1 N–H and O–H groups in total. The predicted octanol–water partition coefficient (Wildman–Crippen LogP) is 2.08. The molecule has 106 valence electrons. The number of aromatic nitrogens is 5. The van der Waals surface area contributed by atoms with Crippen LogP contribution < -0.4 is 5.32 Å². The summed E-state index contributed by atoms with van der Waals surface area (Å²) in [6.07, 6.45) is 8.40. The molecule has 6 nitrogen and oxygen atoms in total. The lowest BCUT2D eigenvalue weighted by molar-refractivity contribution is 0.482. The minimum atomic E-state index is 0.248. The quantitative estimate of drug-likeness (QED) is 0.781. The van der Waals surface area contributed by atoms with Gasteiger partial charge in [-0.15, -0.1) is 0 Å². The summed E-state index contributed by atoms with van der Waals surface area (Å²) in [7, 11) is 1.98. The zero-order valence-corrected chi connectivity index (χ0v) is 11.8. The fraction of sp³-hybridized carbons (Fsp3) is 0.267. The Bertz CT molecular complexity index is 758. The number of hydrogen-bond acceptors (Lipinski definition) is 4. The van der Waals surface area contributed by atoms with Crippen LogP contribution in [0.25, 0.3) is 11.5 Å². The summed E-state index contributed by atoms with van der Waals surface area (Å²) >= 11 is 0. The van der Waals surface area contributed by atoms with Crippen LogP contribution in [0.1, 0.15) is 18.0 Å². The number of nitrogens with one attached hydrogen (secondary N) is 1. The van der Waals surface area contributed by atoms with Gasteiger partial charge >= 0.3 is 0 Å². The topological polar surface area (TPSA) is 60.6 Å². The van der Waals surface area contributed by atoms with Crippen LogP contribution in [0.3, 0.4) is 0 Å². The average Bonchev–Trinajstić information content (AvgIpc) is 3.13. The molecule has 0 spiro atoms. The van der Waals surface area contributed by atoms with Gasteiger partial charge in [-0.25, -0.2) is 9.67 Å². The first-order valence-electron chi connectivity index (χ1n) is 7.04. The van der Waals surface area contributed by atoms with Crippen LogP contribution >= 0.6 is 0 Å². The lowest BCUT2D eigenvalue weighted by atomic mass is 10.0. The Labute approximate surface area is 122 Å². The largest absolute Gasteiger partial charge is 0.370 e. The predicted molar refractivity (Wildman–Crippen MR) is 79.9 cm³/mol. The lowest BCUT2D eigenvalue weighted by Gasteiger charge is -2.25.